The van der Waals surface area contributed by atoms with Gasteiger partial charge in [-0.25, -0.2) is 0 Å². The standard InChI is InChI=1S/C18H16N4O6S/c1-26-13-5-3-4-11(8-13)17-20-21-18(28-17)29-10-16(23)19-14-9-12(22(24)25)6-7-15(14)27-2/h3-9H,10H2,1-2H3,(H,19,23). The Hall–Kier alpha value is -3.60. The zero-order valence-electron chi connectivity index (χ0n) is 15.4. The summed E-state index contributed by atoms with van der Waals surface area (Å²) in [6.07, 6.45) is 0. The first-order valence-electron chi connectivity index (χ1n) is 8.23. The number of nitro benzene ring substituents is 1. The maximum Gasteiger partial charge on any atom is 0.277 e. The van der Waals surface area contributed by atoms with Crippen LogP contribution in [0.5, 0.6) is 11.5 Å². The number of benzene rings is 2. The van der Waals surface area contributed by atoms with Crippen LogP contribution in [0.15, 0.2) is 52.1 Å². The smallest absolute Gasteiger partial charge is 0.277 e. The number of thioether (sulfide) groups is 1. The van der Waals surface area contributed by atoms with Gasteiger partial charge in [0.2, 0.25) is 11.8 Å². The van der Waals surface area contributed by atoms with Gasteiger partial charge in [-0.3, -0.25) is 14.9 Å². The third-order valence-electron chi connectivity index (χ3n) is 3.72. The molecule has 0 radical (unpaired) electrons. The molecular weight excluding hydrogens is 400 g/mol. The summed E-state index contributed by atoms with van der Waals surface area (Å²) in [5.74, 6) is 0.820. The van der Waals surface area contributed by atoms with Gasteiger partial charge in [-0.05, 0) is 24.3 Å². The number of aromatic nitrogens is 2. The van der Waals surface area contributed by atoms with Crippen molar-refractivity contribution in [3.63, 3.8) is 0 Å². The largest absolute Gasteiger partial charge is 0.497 e. The molecule has 0 saturated heterocycles. The van der Waals surface area contributed by atoms with Gasteiger partial charge in [0.15, 0.2) is 0 Å². The fourth-order valence-corrected chi connectivity index (χ4v) is 2.92. The lowest BCUT2D eigenvalue weighted by atomic mass is 10.2. The zero-order chi connectivity index (χ0) is 20.8. The Morgan fingerprint density at radius 2 is 2.03 bits per heavy atom. The second kappa shape index (κ2) is 9.06. The predicted octanol–water partition coefficient (Wildman–Crippen LogP) is 3.39. The predicted molar refractivity (Wildman–Crippen MR) is 105 cm³/mol. The molecule has 1 N–H and O–H groups in total. The lowest BCUT2D eigenvalue weighted by Crippen LogP contribution is -2.14. The molecule has 1 aromatic heterocycles. The van der Waals surface area contributed by atoms with Crippen molar-refractivity contribution < 1.29 is 23.6 Å². The molecule has 1 heterocycles. The van der Waals surface area contributed by atoms with Crippen LogP contribution in [0.1, 0.15) is 0 Å². The van der Waals surface area contributed by atoms with Crippen LogP contribution in [-0.4, -0.2) is 41.0 Å². The van der Waals surface area contributed by atoms with E-state index in [-0.39, 0.29) is 22.4 Å². The minimum Gasteiger partial charge on any atom is -0.497 e. The van der Waals surface area contributed by atoms with E-state index in [2.05, 4.69) is 15.5 Å². The Morgan fingerprint density at radius 3 is 2.76 bits per heavy atom. The van der Waals surface area contributed by atoms with Crippen molar-refractivity contribution in [1.29, 1.82) is 0 Å². The van der Waals surface area contributed by atoms with E-state index in [1.165, 1.54) is 25.3 Å². The topological polar surface area (TPSA) is 130 Å². The van der Waals surface area contributed by atoms with Gasteiger partial charge in [0.05, 0.1) is 30.6 Å². The van der Waals surface area contributed by atoms with Crippen LogP contribution in [0.3, 0.4) is 0 Å². The molecule has 0 aliphatic heterocycles. The van der Waals surface area contributed by atoms with E-state index in [0.29, 0.717) is 23.0 Å². The SMILES string of the molecule is COc1cccc(-c2nnc(SCC(=O)Nc3cc([N+](=O)[O-])ccc3OC)o2)c1. The van der Waals surface area contributed by atoms with Crippen LogP contribution in [-0.2, 0) is 4.79 Å². The Morgan fingerprint density at radius 1 is 1.21 bits per heavy atom. The van der Waals surface area contributed by atoms with Crippen LogP contribution in [0, 0.1) is 10.1 Å². The highest BCUT2D eigenvalue weighted by Crippen LogP contribution is 2.30. The molecule has 1 amide bonds. The highest BCUT2D eigenvalue weighted by atomic mass is 32.2. The number of nitro groups is 1. The summed E-state index contributed by atoms with van der Waals surface area (Å²) in [4.78, 5) is 22.6. The fourth-order valence-electron chi connectivity index (χ4n) is 2.36. The van der Waals surface area contributed by atoms with Crippen LogP contribution in [0.4, 0.5) is 11.4 Å². The van der Waals surface area contributed by atoms with Gasteiger partial charge >= 0.3 is 0 Å². The van der Waals surface area contributed by atoms with Crippen LogP contribution in [0.25, 0.3) is 11.5 Å². The van der Waals surface area contributed by atoms with Crippen molar-refractivity contribution in [2.75, 3.05) is 25.3 Å². The molecule has 29 heavy (non-hydrogen) atoms. The van der Waals surface area contributed by atoms with E-state index in [4.69, 9.17) is 13.9 Å². The maximum absolute atomic E-state index is 12.2. The lowest BCUT2D eigenvalue weighted by molar-refractivity contribution is -0.384. The Kier molecular flexibility index (Phi) is 6.29. The average molecular weight is 416 g/mol. The first-order chi connectivity index (χ1) is 14.0. The van der Waals surface area contributed by atoms with E-state index in [0.717, 1.165) is 11.8 Å². The van der Waals surface area contributed by atoms with E-state index < -0.39 is 10.8 Å². The Bertz CT molecular complexity index is 1040. The number of rotatable bonds is 8. The lowest BCUT2D eigenvalue weighted by Gasteiger charge is -2.09. The van der Waals surface area contributed by atoms with E-state index >= 15 is 0 Å². The van der Waals surface area contributed by atoms with Gasteiger partial charge in [-0.2, -0.15) is 0 Å². The highest BCUT2D eigenvalue weighted by Gasteiger charge is 2.16. The molecule has 0 unspecified atom stereocenters. The molecular formula is C18H16N4O6S. The number of ether oxygens (including phenoxy) is 2. The fraction of sp³-hybridized carbons (Fsp3) is 0.167. The summed E-state index contributed by atoms with van der Waals surface area (Å²) >= 11 is 1.04. The van der Waals surface area contributed by atoms with Gasteiger partial charge in [0.25, 0.3) is 10.9 Å². The molecule has 0 aliphatic carbocycles. The minimum atomic E-state index is -0.553. The number of non-ortho nitro benzene ring substituents is 1. The van der Waals surface area contributed by atoms with Crippen LogP contribution >= 0.6 is 11.8 Å². The van der Waals surface area contributed by atoms with Gasteiger partial charge in [0.1, 0.15) is 11.5 Å². The second-order valence-corrected chi connectivity index (χ2v) is 6.51. The number of amides is 1. The number of carbonyl (C=O) groups excluding carboxylic acids is 1. The summed E-state index contributed by atoms with van der Waals surface area (Å²) in [6.45, 7) is 0. The summed E-state index contributed by atoms with van der Waals surface area (Å²) in [5.41, 5.74) is 0.734. The summed E-state index contributed by atoms with van der Waals surface area (Å²) in [6, 6.07) is 11.1. The molecule has 0 bridgehead atoms. The number of nitrogens with zero attached hydrogens (tertiary/aromatic N) is 3. The first-order valence-corrected chi connectivity index (χ1v) is 9.21. The number of nitrogens with one attached hydrogen (secondary N) is 1. The number of methoxy groups -OCH3 is 2. The van der Waals surface area contributed by atoms with Gasteiger partial charge < -0.3 is 19.2 Å². The Balaban J connectivity index is 1.64. The van der Waals surface area contributed by atoms with Crippen molar-refractivity contribution in [3.8, 4) is 23.0 Å². The summed E-state index contributed by atoms with van der Waals surface area (Å²) in [5, 5.41) is 21.6. The second-order valence-electron chi connectivity index (χ2n) is 5.58. The molecule has 0 spiro atoms. The van der Waals surface area contributed by atoms with Crippen molar-refractivity contribution in [2.45, 2.75) is 5.22 Å². The molecule has 0 fully saturated rings. The molecule has 0 aliphatic rings. The molecule has 10 nitrogen and oxygen atoms in total. The van der Waals surface area contributed by atoms with Crippen LogP contribution < -0.4 is 14.8 Å². The normalized spacial score (nSPS) is 10.4. The van der Waals surface area contributed by atoms with E-state index in [1.807, 2.05) is 0 Å². The minimum absolute atomic E-state index is 0.0361. The molecule has 2 aromatic carbocycles. The van der Waals surface area contributed by atoms with Crippen molar-refractivity contribution in [1.82, 2.24) is 10.2 Å². The zero-order valence-corrected chi connectivity index (χ0v) is 16.3. The van der Waals surface area contributed by atoms with Gasteiger partial charge in [0, 0.05) is 17.7 Å². The number of hydrogen-bond acceptors (Lipinski definition) is 9. The molecule has 0 saturated carbocycles. The number of anilines is 1. The molecule has 3 rings (SSSR count). The summed E-state index contributed by atoms with van der Waals surface area (Å²) in [7, 11) is 2.97. The highest BCUT2D eigenvalue weighted by molar-refractivity contribution is 7.99. The van der Waals surface area contributed by atoms with Gasteiger partial charge in [-0.15, -0.1) is 10.2 Å². The van der Waals surface area contributed by atoms with E-state index in [9.17, 15) is 14.9 Å². The molecule has 150 valence electrons. The first kappa shape index (κ1) is 20.1. The molecule has 3 aromatic rings. The van der Waals surface area contributed by atoms with Crippen LogP contribution in [0.2, 0.25) is 0 Å². The van der Waals surface area contributed by atoms with Gasteiger partial charge in [-0.1, -0.05) is 17.8 Å². The maximum atomic E-state index is 12.2. The van der Waals surface area contributed by atoms with Crippen molar-refractivity contribution in [2.24, 2.45) is 0 Å². The van der Waals surface area contributed by atoms with E-state index in [1.54, 1.807) is 31.4 Å². The summed E-state index contributed by atoms with van der Waals surface area (Å²) < 4.78 is 15.8. The monoisotopic (exact) mass is 416 g/mol. The number of hydrogen-bond donors (Lipinski definition) is 1. The number of carbonyl (C=O) groups is 1. The van der Waals surface area contributed by atoms with Crippen molar-refractivity contribution >= 4 is 29.0 Å². The molecule has 0 atom stereocenters. The third kappa shape index (κ3) is 5.02. The quantitative estimate of drug-likeness (QED) is 0.333. The molecule has 11 heteroatoms. The average Bonchev–Trinajstić information content (AvgIpc) is 3.21. The Labute approximate surface area is 169 Å². The third-order valence-corrected chi connectivity index (χ3v) is 4.54. The van der Waals surface area contributed by atoms with Crippen molar-refractivity contribution in [3.05, 3.63) is 52.6 Å².